The first-order valence-electron chi connectivity index (χ1n) is 9.77. The number of benzene rings is 2. The Morgan fingerprint density at radius 1 is 1.10 bits per heavy atom. The Bertz CT molecular complexity index is 1400. The molecule has 2 aromatic carbocycles. The minimum atomic E-state index is -0.698. The summed E-state index contributed by atoms with van der Waals surface area (Å²) in [4.78, 5) is 38.8. The third-order valence-electron chi connectivity index (χ3n) is 5.12. The quantitative estimate of drug-likeness (QED) is 0.515. The van der Waals surface area contributed by atoms with Crippen LogP contribution in [0.15, 0.2) is 63.5 Å². The van der Waals surface area contributed by atoms with Crippen LogP contribution in [-0.4, -0.2) is 15.0 Å². The van der Waals surface area contributed by atoms with E-state index in [4.69, 9.17) is 0 Å². The number of rotatable bonds is 5. The molecule has 8 heteroatoms. The van der Waals surface area contributed by atoms with Crippen LogP contribution in [0.1, 0.15) is 18.1 Å². The number of aromatic nitrogens is 2. The molecule has 2 aromatic heterocycles. The molecule has 0 aliphatic heterocycles. The first-order valence-corrected chi connectivity index (χ1v) is 10.7. The van der Waals surface area contributed by atoms with Gasteiger partial charge in [-0.05, 0) is 60.2 Å². The minimum absolute atomic E-state index is 0.123. The van der Waals surface area contributed by atoms with E-state index in [2.05, 4.69) is 5.32 Å². The Morgan fingerprint density at radius 2 is 1.84 bits per heavy atom. The van der Waals surface area contributed by atoms with E-state index in [9.17, 15) is 18.8 Å². The Hall–Kier alpha value is -3.52. The molecule has 6 nitrogen and oxygen atoms in total. The van der Waals surface area contributed by atoms with Crippen LogP contribution in [0.4, 0.5) is 10.1 Å². The summed E-state index contributed by atoms with van der Waals surface area (Å²) >= 11 is 1.17. The number of aryl methyl sites for hydroxylation is 2. The topological polar surface area (TPSA) is 73.1 Å². The van der Waals surface area contributed by atoms with Gasteiger partial charge in [0.15, 0.2) is 0 Å². The number of halogens is 1. The fourth-order valence-electron chi connectivity index (χ4n) is 3.36. The molecule has 158 valence electrons. The molecule has 0 radical (unpaired) electrons. The molecule has 1 amide bonds. The van der Waals surface area contributed by atoms with Crippen molar-refractivity contribution in [1.82, 2.24) is 9.13 Å². The van der Waals surface area contributed by atoms with Crippen molar-refractivity contribution < 1.29 is 9.18 Å². The summed E-state index contributed by atoms with van der Waals surface area (Å²) in [6.45, 7) is 3.36. The highest BCUT2D eigenvalue weighted by Gasteiger charge is 2.18. The summed E-state index contributed by atoms with van der Waals surface area (Å²) in [5, 5.41) is 4.46. The first kappa shape index (κ1) is 20.7. The largest absolute Gasteiger partial charge is 0.336 e. The summed E-state index contributed by atoms with van der Waals surface area (Å²) < 4.78 is 16.6. The van der Waals surface area contributed by atoms with Gasteiger partial charge in [-0.25, -0.2) is 13.8 Å². The summed E-state index contributed by atoms with van der Waals surface area (Å²) in [5.74, 6) is -0.922. The van der Waals surface area contributed by atoms with Crippen molar-refractivity contribution in [3.8, 4) is 5.69 Å². The third-order valence-corrected chi connectivity index (χ3v) is 6.01. The van der Waals surface area contributed by atoms with E-state index in [1.807, 2.05) is 19.1 Å². The molecule has 0 bridgehead atoms. The van der Waals surface area contributed by atoms with Gasteiger partial charge in [-0.3, -0.25) is 14.2 Å². The highest BCUT2D eigenvalue weighted by molar-refractivity contribution is 7.17. The van der Waals surface area contributed by atoms with E-state index < -0.39 is 23.0 Å². The molecule has 31 heavy (non-hydrogen) atoms. The second-order valence-corrected chi connectivity index (χ2v) is 8.09. The van der Waals surface area contributed by atoms with Crippen LogP contribution in [0.25, 0.3) is 15.9 Å². The summed E-state index contributed by atoms with van der Waals surface area (Å²) in [7, 11) is 0. The number of fused-ring (bicyclic) bond motifs is 1. The predicted octanol–water partition coefficient (Wildman–Crippen LogP) is 3.86. The highest BCUT2D eigenvalue weighted by atomic mass is 32.1. The number of nitrogens with zero attached hydrogens (tertiary/aromatic N) is 2. The first-order chi connectivity index (χ1) is 14.9. The number of thiophene rings is 1. The van der Waals surface area contributed by atoms with Gasteiger partial charge in [-0.15, -0.1) is 11.3 Å². The maximum absolute atomic E-state index is 14.1. The normalized spacial score (nSPS) is 11.1. The zero-order valence-electron chi connectivity index (χ0n) is 17.0. The molecule has 1 N–H and O–H groups in total. The number of anilines is 1. The molecular formula is C23H20FN3O3S. The lowest BCUT2D eigenvalue weighted by Crippen LogP contribution is -2.40. The Kier molecular flexibility index (Phi) is 5.56. The highest BCUT2D eigenvalue weighted by Crippen LogP contribution is 2.18. The maximum atomic E-state index is 14.1. The number of amides is 1. The van der Waals surface area contributed by atoms with Crippen LogP contribution in [-0.2, 0) is 17.8 Å². The standard InChI is InChI=1S/C23H20FN3O3S/c1-3-15-5-7-16(8-6-15)25-20(28)13-26-19-10-11-31-21(19)22(29)27(23(26)30)17-9-4-14(2)18(24)12-17/h4-12H,3,13H2,1-2H3,(H,25,28). The SMILES string of the molecule is CCc1ccc(NC(=O)Cn2c(=O)n(-c3ccc(C)c(F)c3)c(=O)c3sccc32)cc1. The number of hydrogen-bond donors (Lipinski definition) is 1. The van der Waals surface area contributed by atoms with Crippen LogP contribution in [0, 0.1) is 12.7 Å². The third kappa shape index (κ3) is 3.94. The van der Waals surface area contributed by atoms with Crippen LogP contribution in [0.3, 0.4) is 0 Å². The van der Waals surface area contributed by atoms with Gasteiger partial charge in [0.25, 0.3) is 5.56 Å². The van der Waals surface area contributed by atoms with E-state index >= 15 is 0 Å². The van der Waals surface area contributed by atoms with Crippen molar-refractivity contribution in [2.24, 2.45) is 0 Å². The Morgan fingerprint density at radius 3 is 2.52 bits per heavy atom. The summed E-state index contributed by atoms with van der Waals surface area (Å²) in [6, 6.07) is 13.2. The Balaban J connectivity index is 1.76. The molecular weight excluding hydrogens is 417 g/mol. The lowest BCUT2D eigenvalue weighted by atomic mass is 10.1. The second kappa shape index (κ2) is 8.31. The van der Waals surface area contributed by atoms with Crippen molar-refractivity contribution >= 4 is 33.1 Å². The van der Waals surface area contributed by atoms with Crippen molar-refractivity contribution in [2.45, 2.75) is 26.8 Å². The fraction of sp³-hybridized carbons (Fsp3) is 0.174. The number of carbonyl (C=O) groups excluding carboxylic acids is 1. The van der Waals surface area contributed by atoms with Crippen molar-refractivity contribution in [3.05, 3.63) is 91.7 Å². The molecule has 0 aliphatic carbocycles. The number of hydrogen-bond acceptors (Lipinski definition) is 4. The zero-order valence-corrected chi connectivity index (χ0v) is 17.8. The molecule has 0 fully saturated rings. The predicted molar refractivity (Wildman–Crippen MR) is 121 cm³/mol. The van der Waals surface area contributed by atoms with E-state index in [0.717, 1.165) is 22.6 Å². The molecule has 0 atom stereocenters. The van der Waals surface area contributed by atoms with E-state index in [1.54, 1.807) is 30.5 Å². The maximum Gasteiger partial charge on any atom is 0.336 e. The van der Waals surface area contributed by atoms with Gasteiger partial charge in [-0.2, -0.15) is 0 Å². The number of nitrogens with one attached hydrogen (secondary N) is 1. The summed E-state index contributed by atoms with van der Waals surface area (Å²) in [5.41, 5.74) is 1.43. The lowest BCUT2D eigenvalue weighted by molar-refractivity contribution is -0.116. The average molecular weight is 437 g/mol. The molecule has 0 spiro atoms. The molecule has 0 aliphatic rings. The molecule has 4 aromatic rings. The molecule has 0 unspecified atom stereocenters. The van der Waals surface area contributed by atoms with Gasteiger partial charge in [-0.1, -0.05) is 25.1 Å². The van der Waals surface area contributed by atoms with Crippen molar-refractivity contribution in [3.63, 3.8) is 0 Å². The monoisotopic (exact) mass is 437 g/mol. The van der Waals surface area contributed by atoms with Crippen LogP contribution in [0.5, 0.6) is 0 Å². The second-order valence-electron chi connectivity index (χ2n) is 7.18. The molecule has 0 saturated heterocycles. The molecule has 0 saturated carbocycles. The van der Waals surface area contributed by atoms with Gasteiger partial charge < -0.3 is 5.32 Å². The van der Waals surface area contributed by atoms with Gasteiger partial charge in [0.05, 0.1) is 11.2 Å². The minimum Gasteiger partial charge on any atom is -0.325 e. The fourth-order valence-corrected chi connectivity index (χ4v) is 4.18. The Labute approximate surface area is 181 Å². The van der Waals surface area contributed by atoms with E-state index in [-0.39, 0.29) is 12.2 Å². The van der Waals surface area contributed by atoms with Crippen LogP contribution >= 0.6 is 11.3 Å². The molecule has 2 heterocycles. The van der Waals surface area contributed by atoms with Crippen molar-refractivity contribution in [1.29, 1.82) is 0 Å². The zero-order chi connectivity index (χ0) is 22.1. The van der Waals surface area contributed by atoms with Gasteiger partial charge in [0.1, 0.15) is 17.1 Å². The summed E-state index contributed by atoms with van der Waals surface area (Å²) in [6.07, 6.45) is 0.890. The lowest BCUT2D eigenvalue weighted by Gasteiger charge is -2.13. The average Bonchev–Trinajstić information content (AvgIpc) is 3.24. The van der Waals surface area contributed by atoms with Gasteiger partial charge in [0.2, 0.25) is 5.91 Å². The molecule has 4 rings (SSSR count). The van der Waals surface area contributed by atoms with Gasteiger partial charge >= 0.3 is 5.69 Å². The van der Waals surface area contributed by atoms with E-state index in [0.29, 0.717) is 21.5 Å². The van der Waals surface area contributed by atoms with Crippen LogP contribution in [0.2, 0.25) is 0 Å². The smallest absolute Gasteiger partial charge is 0.325 e. The number of carbonyl (C=O) groups is 1. The van der Waals surface area contributed by atoms with E-state index in [1.165, 1.54) is 28.0 Å². The van der Waals surface area contributed by atoms with Crippen molar-refractivity contribution in [2.75, 3.05) is 5.32 Å². The van der Waals surface area contributed by atoms with Crippen LogP contribution < -0.4 is 16.6 Å². The van der Waals surface area contributed by atoms with Gasteiger partial charge in [0, 0.05) is 5.69 Å².